The molecule has 1 atom stereocenters. The van der Waals surface area contributed by atoms with Gasteiger partial charge in [0.2, 0.25) is 0 Å². The molecule has 206 valence electrons. The molecule has 9 heteroatoms. The van der Waals surface area contributed by atoms with Crippen molar-refractivity contribution in [3.05, 3.63) is 87.2 Å². The number of ether oxygens (including phenoxy) is 1. The fourth-order valence-corrected chi connectivity index (χ4v) is 4.82. The van der Waals surface area contributed by atoms with Gasteiger partial charge in [0.15, 0.2) is 5.78 Å². The van der Waals surface area contributed by atoms with Gasteiger partial charge in [0.25, 0.3) is 5.56 Å². The molecule has 1 aliphatic carbocycles. The molecule has 1 saturated carbocycles. The number of carbonyl (C=O) groups is 2. The summed E-state index contributed by atoms with van der Waals surface area (Å²) in [6.07, 6.45) is 4.72. The molecule has 39 heavy (non-hydrogen) atoms. The number of aromatic nitrogens is 1. The van der Waals surface area contributed by atoms with Crippen LogP contribution in [0.5, 0.6) is 0 Å². The molecule has 0 bridgehead atoms. The van der Waals surface area contributed by atoms with Crippen LogP contribution in [-0.2, 0) is 16.0 Å². The molecule has 0 saturated heterocycles. The van der Waals surface area contributed by atoms with Crippen LogP contribution >= 0.6 is 0 Å². The Kier molecular flexibility index (Phi) is 8.91. The molecule has 0 spiro atoms. The third-order valence-electron chi connectivity index (χ3n) is 7.04. The molecule has 4 N–H and O–H groups in total. The van der Waals surface area contributed by atoms with Crippen molar-refractivity contribution < 1.29 is 23.1 Å². The minimum absolute atomic E-state index is 0.0232. The highest BCUT2D eigenvalue weighted by atomic mass is 19.1. The number of esters is 1. The number of rotatable bonds is 10. The van der Waals surface area contributed by atoms with E-state index >= 15 is 0 Å². The Hall–Kier alpha value is -3.85. The van der Waals surface area contributed by atoms with E-state index in [9.17, 15) is 23.2 Å². The molecule has 3 aromatic rings. The first-order valence-corrected chi connectivity index (χ1v) is 13.2. The van der Waals surface area contributed by atoms with Crippen molar-refractivity contribution in [1.29, 1.82) is 0 Å². The van der Waals surface area contributed by atoms with Crippen LogP contribution in [0.2, 0.25) is 0 Å². The van der Waals surface area contributed by atoms with Crippen molar-refractivity contribution in [2.75, 3.05) is 12.3 Å². The minimum Gasteiger partial charge on any atom is -0.461 e. The third-order valence-corrected chi connectivity index (χ3v) is 7.04. The maximum absolute atomic E-state index is 14.2. The molecule has 0 amide bonds. The fraction of sp³-hybridized carbons (Fsp3) is 0.367. The lowest BCUT2D eigenvalue weighted by Crippen LogP contribution is -2.44. The summed E-state index contributed by atoms with van der Waals surface area (Å²) in [6, 6.07) is 10.8. The largest absolute Gasteiger partial charge is 0.461 e. The Morgan fingerprint density at radius 2 is 1.74 bits per heavy atom. The zero-order valence-electron chi connectivity index (χ0n) is 22.1. The van der Waals surface area contributed by atoms with Gasteiger partial charge in [-0.05, 0) is 73.9 Å². The van der Waals surface area contributed by atoms with Crippen molar-refractivity contribution >= 4 is 17.6 Å². The Morgan fingerprint density at radius 3 is 2.38 bits per heavy atom. The predicted octanol–water partition coefficient (Wildman–Crippen LogP) is 4.78. The van der Waals surface area contributed by atoms with E-state index in [1.165, 1.54) is 6.07 Å². The normalized spacial score (nSPS) is 14.5. The standard InChI is InChI=1S/C30H33F2N3O4/c1-17(2)26(30(38)39-21-5-3-4-6-21)34-14-13-18-7-9-19(10-8-18)23-16-24(28(33)35-29(23)37)27(36)22-12-11-20(31)15-25(22)32/h7-12,15-17,21,26,34H,3-6,13-14H2,1-2H3,(H3,33,35,37)/t26-/m0/s1. The first kappa shape index (κ1) is 28.2. The highest BCUT2D eigenvalue weighted by Crippen LogP contribution is 2.24. The van der Waals surface area contributed by atoms with Gasteiger partial charge in [-0.15, -0.1) is 0 Å². The van der Waals surface area contributed by atoms with E-state index in [4.69, 9.17) is 10.5 Å². The highest BCUT2D eigenvalue weighted by Gasteiger charge is 2.27. The number of halogens is 2. The van der Waals surface area contributed by atoms with Crippen molar-refractivity contribution in [2.45, 2.75) is 58.1 Å². The topological polar surface area (TPSA) is 114 Å². The van der Waals surface area contributed by atoms with E-state index in [0.717, 1.165) is 43.4 Å². The van der Waals surface area contributed by atoms with E-state index in [-0.39, 0.29) is 46.5 Å². The summed E-state index contributed by atoms with van der Waals surface area (Å²) >= 11 is 0. The van der Waals surface area contributed by atoms with E-state index in [0.29, 0.717) is 24.6 Å². The summed E-state index contributed by atoms with van der Waals surface area (Å²) in [4.78, 5) is 40.6. The van der Waals surface area contributed by atoms with Crippen molar-refractivity contribution in [3.8, 4) is 11.1 Å². The van der Waals surface area contributed by atoms with E-state index < -0.39 is 23.0 Å². The average Bonchev–Trinajstić information content (AvgIpc) is 3.39. The van der Waals surface area contributed by atoms with Gasteiger partial charge in [-0.1, -0.05) is 38.1 Å². The second-order valence-corrected chi connectivity index (χ2v) is 10.3. The summed E-state index contributed by atoms with van der Waals surface area (Å²) in [7, 11) is 0. The lowest BCUT2D eigenvalue weighted by molar-refractivity contribution is -0.152. The Morgan fingerprint density at radius 1 is 1.05 bits per heavy atom. The monoisotopic (exact) mass is 537 g/mol. The summed E-state index contributed by atoms with van der Waals surface area (Å²) < 4.78 is 33.2. The molecule has 0 radical (unpaired) electrons. The van der Waals surface area contributed by atoms with Gasteiger partial charge in [-0.2, -0.15) is 0 Å². The number of pyridine rings is 1. The van der Waals surface area contributed by atoms with Gasteiger partial charge >= 0.3 is 5.97 Å². The number of nitrogens with two attached hydrogens (primary N) is 1. The maximum atomic E-state index is 14.2. The van der Waals surface area contributed by atoms with Gasteiger partial charge in [-0.3, -0.25) is 14.4 Å². The van der Waals surface area contributed by atoms with Crippen LogP contribution in [0.3, 0.4) is 0 Å². The zero-order valence-corrected chi connectivity index (χ0v) is 22.1. The van der Waals surface area contributed by atoms with Crippen LogP contribution in [0, 0.1) is 17.6 Å². The number of aromatic amines is 1. The zero-order chi connectivity index (χ0) is 28.1. The number of nitrogen functional groups attached to an aromatic ring is 1. The predicted molar refractivity (Wildman–Crippen MR) is 145 cm³/mol. The van der Waals surface area contributed by atoms with Crippen LogP contribution in [0.15, 0.2) is 53.3 Å². The number of H-pyrrole nitrogens is 1. The van der Waals surface area contributed by atoms with Crippen LogP contribution in [0.25, 0.3) is 11.1 Å². The first-order chi connectivity index (χ1) is 18.6. The van der Waals surface area contributed by atoms with Crippen molar-refractivity contribution in [1.82, 2.24) is 10.3 Å². The molecule has 1 aromatic heterocycles. The average molecular weight is 538 g/mol. The summed E-state index contributed by atoms with van der Waals surface area (Å²) in [5, 5.41) is 3.31. The van der Waals surface area contributed by atoms with Gasteiger partial charge < -0.3 is 20.8 Å². The summed E-state index contributed by atoms with van der Waals surface area (Å²) in [5.74, 6) is -2.92. The van der Waals surface area contributed by atoms with Gasteiger partial charge in [-0.25, -0.2) is 8.78 Å². The summed E-state index contributed by atoms with van der Waals surface area (Å²) in [6.45, 7) is 4.53. The van der Waals surface area contributed by atoms with Crippen LogP contribution in [0.4, 0.5) is 14.6 Å². The van der Waals surface area contributed by atoms with Gasteiger partial charge in [0, 0.05) is 11.6 Å². The number of carbonyl (C=O) groups excluding carboxylic acids is 2. The number of ketones is 1. The SMILES string of the molecule is CC(C)[C@H](NCCc1ccc(-c2cc(C(=O)c3ccc(F)cc3F)c(N)[nH]c2=O)cc1)C(=O)OC1CCCC1. The third kappa shape index (κ3) is 6.78. The van der Waals surface area contributed by atoms with E-state index in [2.05, 4.69) is 10.3 Å². The molecule has 4 rings (SSSR count). The Bertz CT molecular complexity index is 1400. The lowest BCUT2D eigenvalue weighted by Gasteiger charge is -2.23. The molecule has 1 fully saturated rings. The number of anilines is 1. The number of hydrogen-bond donors (Lipinski definition) is 3. The summed E-state index contributed by atoms with van der Waals surface area (Å²) in [5.41, 5.74) is 6.64. The molecular weight excluding hydrogens is 504 g/mol. The highest BCUT2D eigenvalue weighted by molar-refractivity contribution is 6.12. The maximum Gasteiger partial charge on any atom is 0.323 e. The molecule has 7 nitrogen and oxygen atoms in total. The molecule has 2 aromatic carbocycles. The van der Waals surface area contributed by atoms with Gasteiger partial charge in [0.05, 0.1) is 11.1 Å². The second-order valence-electron chi connectivity index (χ2n) is 10.3. The lowest BCUT2D eigenvalue weighted by atomic mass is 9.98. The van der Waals surface area contributed by atoms with Crippen LogP contribution in [0.1, 0.15) is 61.0 Å². The molecule has 0 aliphatic heterocycles. The fourth-order valence-electron chi connectivity index (χ4n) is 4.82. The minimum atomic E-state index is -1.02. The molecule has 0 unspecified atom stereocenters. The number of benzene rings is 2. The quantitative estimate of drug-likeness (QED) is 0.253. The van der Waals surface area contributed by atoms with Crippen LogP contribution < -0.4 is 16.6 Å². The van der Waals surface area contributed by atoms with E-state index in [1.807, 2.05) is 26.0 Å². The first-order valence-electron chi connectivity index (χ1n) is 13.2. The smallest absolute Gasteiger partial charge is 0.323 e. The number of nitrogens with one attached hydrogen (secondary N) is 2. The van der Waals surface area contributed by atoms with Crippen molar-refractivity contribution in [2.24, 2.45) is 5.92 Å². The van der Waals surface area contributed by atoms with Crippen molar-refractivity contribution in [3.63, 3.8) is 0 Å². The van der Waals surface area contributed by atoms with Crippen LogP contribution in [-0.4, -0.2) is 35.4 Å². The Labute approximate surface area is 225 Å². The molecular formula is C30H33F2N3O4. The second kappa shape index (κ2) is 12.3. The molecule has 1 heterocycles. The Balaban J connectivity index is 1.44. The van der Waals surface area contributed by atoms with Gasteiger partial charge in [0.1, 0.15) is 29.6 Å². The molecule has 1 aliphatic rings. The van der Waals surface area contributed by atoms with E-state index in [1.54, 1.807) is 12.1 Å². The number of hydrogen-bond acceptors (Lipinski definition) is 6.